The summed E-state index contributed by atoms with van der Waals surface area (Å²) in [4.78, 5) is 0. The van der Waals surface area contributed by atoms with Gasteiger partial charge in [-0.3, -0.25) is 0 Å². The van der Waals surface area contributed by atoms with E-state index in [0.29, 0.717) is 0 Å². The fourth-order valence-electron chi connectivity index (χ4n) is 2.15. The molecule has 0 spiro atoms. The van der Waals surface area contributed by atoms with Crippen LogP contribution in [0.4, 0.5) is 5.82 Å². The largest absolute Gasteiger partial charge is 0.407 e. The first kappa shape index (κ1) is 12.5. The number of nitrogens with zero attached hydrogens (tertiary/aromatic N) is 2. The average molecular weight is 242 g/mol. The lowest BCUT2D eigenvalue weighted by Crippen LogP contribution is -2.59. The third kappa shape index (κ3) is 2.95. The number of hydrogen-bond donors (Lipinski definition) is 0. The van der Waals surface area contributed by atoms with Crippen LogP contribution in [-0.4, -0.2) is 21.6 Å². The fourth-order valence-corrected chi connectivity index (χ4v) is 11.8. The number of aryl methyl sites for hydroxylation is 1. The van der Waals surface area contributed by atoms with E-state index in [4.69, 9.17) is 4.52 Å². The minimum Gasteiger partial charge on any atom is -0.407 e. The standard InChI is InChI=1S/C10H22N2OSi2/c1-9-8-10(11-13-9)12(14(2,3)4)15(5,6)7/h8H,1-7H3. The van der Waals surface area contributed by atoms with Crippen molar-refractivity contribution in [2.24, 2.45) is 0 Å². The summed E-state index contributed by atoms with van der Waals surface area (Å²) in [5, 5.41) is 4.17. The molecule has 86 valence electrons. The highest BCUT2D eigenvalue weighted by Crippen LogP contribution is 2.27. The molecule has 0 N–H and O–H groups in total. The minimum atomic E-state index is -1.38. The smallest absolute Gasteiger partial charge is 0.156 e. The van der Waals surface area contributed by atoms with Crippen LogP contribution in [0, 0.1) is 6.92 Å². The Bertz CT molecular complexity index is 322. The first-order chi connectivity index (χ1) is 6.62. The van der Waals surface area contributed by atoms with E-state index in [2.05, 4.69) is 54.7 Å². The number of aromatic nitrogens is 1. The molecule has 0 bridgehead atoms. The van der Waals surface area contributed by atoms with Crippen molar-refractivity contribution in [3.63, 3.8) is 0 Å². The Labute approximate surface area is 94.6 Å². The highest BCUT2D eigenvalue weighted by atomic mass is 28.4. The molecular weight excluding hydrogens is 220 g/mol. The highest BCUT2D eigenvalue weighted by Gasteiger charge is 2.36. The predicted octanol–water partition coefficient (Wildman–Crippen LogP) is 3.46. The summed E-state index contributed by atoms with van der Waals surface area (Å²) in [6.45, 7) is 16.1. The van der Waals surface area contributed by atoms with Gasteiger partial charge in [0.25, 0.3) is 0 Å². The lowest BCUT2D eigenvalue weighted by molar-refractivity contribution is 0.399. The average Bonchev–Trinajstić information content (AvgIpc) is 2.28. The molecule has 1 aromatic rings. The maximum atomic E-state index is 5.19. The third-order valence-electron chi connectivity index (χ3n) is 2.19. The molecule has 5 heteroatoms. The van der Waals surface area contributed by atoms with Gasteiger partial charge in [0.1, 0.15) is 22.2 Å². The van der Waals surface area contributed by atoms with Crippen molar-refractivity contribution in [2.45, 2.75) is 46.2 Å². The van der Waals surface area contributed by atoms with Crippen molar-refractivity contribution < 1.29 is 4.52 Å². The van der Waals surface area contributed by atoms with Crippen LogP contribution in [0.1, 0.15) is 5.76 Å². The second kappa shape index (κ2) is 3.79. The molecule has 0 aliphatic heterocycles. The zero-order valence-electron chi connectivity index (χ0n) is 10.9. The maximum absolute atomic E-state index is 5.19. The molecule has 3 nitrogen and oxygen atoms in total. The van der Waals surface area contributed by atoms with E-state index in [-0.39, 0.29) is 0 Å². The Hall–Kier alpha value is -0.556. The van der Waals surface area contributed by atoms with Crippen LogP contribution in [0.2, 0.25) is 39.3 Å². The van der Waals surface area contributed by atoms with Crippen molar-refractivity contribution in [1.82, 2.24) is 5.16 Å². The van der Waals surface area contributed by atoms with Gasteiger partial charge in [-0.15, -0.1) is 0 Å². The van der Waals surface area contributed by atoms with Gasteiger partial charge in [-0.05, 0) is 6.92 Å². The summed E-state index contributed by atoms with van der Waals surface area (Å²) < 4.78 is 7.74. The Morgan fingerprint density at radius 3 is 1.80 bits per heavy atom. The number of anilines is 1. The summed E-state index contributed by atoms with van der Waals surface area (Å²) in [6.07, 6.45) is 0. The molecule has 0 aliphatic rings. The topological polar surface area (TPSA) is 29.3 Å². The lowest BCUT2D eigenvalue weighted by atomic mass is 10.5. The van der Waals surface area contributed by atoms with Crippen LogP contribution < -0.4 is 4.23 Å². The summed E-state index contributed by atoms with van der Waals surface area (Å²) in [5.41, 5.74) is 0. The van der Waals surface area contributed by atoms with Gasteiger partial charge >= 0.3 is 0 Å². The van der Waals surface area contributed by atoms with Crippen LogP contribution in [0.15, 0.2) is 10.6 Å². The first-order valence-corrected chi connectivity index (χ1v) is 12.3. The summed E-state index contributed by atoms with van der Waals surface area (Å²) in [6, 6.07) is 2.05. The van der Waals surface area contributed by atoms with Crippen LogP contribution in [-0.2, 0) is 0 Å². The summed E-state index contributed by atoms with van der Waals surface area (Å²) in [5.74, 6) is 1.93. The van der Waals surface area contributed by atoms with E-state index in [9.17, 15) is 0 Å². The van der Waals surface area contributed by atoms with Gasteiger partial charge in [-0.1, -0.05) is 44.4 Å². The maximum Gasteiger partial charge on any atom is 0.156 e. The molecule has 1 aromatic heterocycles. The number of hydrogen-bond acceptors (Lipinski definition) is 3. The van der Waals surface area contributed by atoms with Gasteiger partial charge in [0.05, 0.1) is 0 Å². The molecule has 0 atom stereocenters. The van der Waals surface area contributed by atoms with Crippen molar-refractivity contribution in [3.8, 4) is 0 Å². The van der Waals surface area contributed by atoms with Crippen LogP contribution in [0.5, 0.6) is 0 Å². The quantitative estimate of drug-likeness (QED) is 0.760. The predicted molar refractivity (Wildman–Crippen MR) is 70.4 cm³/mol. The minimum absolute atomic E-state index is 0.895. The monoisotopic (exact) mass is 242 g/mol. The molecule has 0 fully saturated rings. The van der Waals surface area contributed by atoms with Gasteiger partial charge in [-0.25, -0.2) is 0 Å². The first-order valence-electron chi connectivity index (χ1n) is 5.36. The fraction of sp³-hybridized carbons (Fsp3) is 0.700. The van der Waals surface area contributed by atoms with E-state index in [1.807, 2.05) is 6.92 Å². The summed E-state index contributed by atoms with van der Waals surface area (Å²) in [7, 11) is -2.75. The molecular formula is C10H22N2OSi2. The molecule has 0 aromatic carbocycles. The Morgan fingerprint density at radius 2 is 1.53 bits per heavy atom. The molecule has 15 heavy (non-hydrogen) atoms. The van der Waals surface area contributed by atoms with E-state index in [0.717, 1.165) is 11.6 Å². The molecule has 0 saturated heterocycles. The van der Waals surface area contributed by atoms with E-state index >= 15 is 0 Å². The molecule has 1 rings (SSSR count). The van der Waals surface area contributed by atoms with Crippen molar-refractivity contribution in [2.75, 3.05) is 4.23 Å². The molecule has 0 aliphatic carbocycles. The molecule has 0 radical (unpaired) electrons. The lowest BCUT2D eigenvalue weighted by Gasteiger charge is -2.43. The zero-order chi connectivity index (χ0) is 11.9. The van der Waals surface area contributed by atoms with Gasteiger partial charge in [0, 0.05) is 6.07 Å². The molecule has 0 unspecified atom stereocenters. The Balaban J connectivity index is 3.14. The van der Waals surface area contributed by atoms with E-state index < -0.39 is 16.5 Å². The van der Waals surface area contributed by atoms with Gasteiger partial charge in [0.15, 0.2) is 5.82 Å². The number of rotatable bonds is 3. The van der Waals surface area contributed by atoms with Gasteiger partial charge in [-0.2, -0.15) is 0 Å². The van der Waals surface area contributed by atoms with Crippen molar-refractivity contribution in [3.05, 3.63) is 11.8 Å². The molecule has 0 saturated carbocycles. The van der Waals surface area contributed by atoms with Crippen LogP contribution >= 0.6 is 0 Å². The highest BCUT2D eigenvalue weighted by molar-refractivity contribution is 6.99. The van der Waals surface area contributed by atoms with E-state index in [1.54, 1.807) is 0 Å². The second-order valence-corrected chi connectivity index (χ2v) is 16.0. The van der Waals surface area contributed by atoms with E-state index in [1.165, 1.54) is 0 Å². The van der Waals surface area contributed by atoms with Crippen LogP contribution in [0.3, 0.4) is 0 Å². The Kier molecular flexibility index (Phi) is 3.16. The molecule has 0 amide bonds. The third-order valence-corrected chi connectivity index (χ3v) is 9.35. The SMILES string of the molecule is Cc1cc(N([Si](C)(C)C)[Si](C)(C)C)no1. The zero-order valence-corrected chi connectivity index (χ0v) is 12.9. The molecule has 1 heterocycles. The van der Waals surface area contributed by atoms with Crippen LogP contribution in [0.25, 0.3) is 0 Å². The normalized spacial score (nSPS) is 13.0. The second-order valence-electron chi connectivity index (χ2n) is 5.97. The van der Waals surface area contributed by atoms with Crippen molar-refractivity contribution in [1.29, 1.82) is 0 Å². The summed E-state index contributed by atoms with van der Waals surface area (Å²) >= 11 is 0. The van der Waals surface area contributed by atoms with Crippen molar-refractivity contribution >= 4 is 22.3 Å². The Morgan fingerprint density at radius 1 is 1.07 bits per heavy atom. The van der Waals surface area contributed by atoms with Gasteiger partial charge in [0.2, 0.25) is 0 Å². The van der Waals surface area contributed by atoms with Gasteiger partial charge < -0.3 is 8.75 Å².